The number of benzene rings is 1. The van der Waals surface area contributed by atoms with Gasteiger partial charge in [-0.05, 0) is 62.1 Å². The highest BCUT2D eigenvalue weighted by molar-refractivity contribution is 7.12. The molecule has 1 aliphatic heterocycles. The molecule has 124 valence electrons. The summed E-state index contributed by atoms with van der Waals surface area (Å²) in [5, 5.41) is 6.06. The molecule has 3 heterocycles. The maximum Gasteiger partial charge on any atom is 0.265 e. The second kappa shape index (κ2) is 6.42. The molecular weight excluding hydrogens is 318 g/mol. The van der Waals surface area contributed by atoms with Crippen LogP contribution in [0.1, 0.15) is 22.5 Å². The summed E-state index contributed by atoms with van der Waals surface area (Å²) in [7, 11) is 2.21. The molecule has 0 spiro atoms. The molecule has 1 fully saturated rings. The molecular formula is C19H21N3OS. The van der Waals surface area contributed by atoms with Gasteiger partial charge in [-0.1, -0.05) is 6.07 Å². The van der Waals surface area contributed by atoms with Gasteiger partial charge in [0, 0.05) is 35.4 Å². The number of carbonyl (C=O) groups is 1. The van der Waals surface area contributed by atoms with Crippen molar-refractivity contribution in [3.8, 4) is 0 Å². The lowest BCUT2D eigenvalue weighted by Gasteiger charge is -2.20. The average molecular weight is 339 g/mol. The number of amides is 1. The van der Waals surface area contributed by atoms with Crippen molar-refractivity contribution in [3.05, 3.63) is 52.9 Å². The summed E-state index contributed by atoms with van der Waals surface area (Å²) in [6.07, 6.45) is 4.71. The maximum atomic E-state index is 12.2. The highest BCUT2D eigenvalue weighted by atomic mass is 32.1. The molecule has 1 saturated heterocycles. The fourth-order valence-corrected chi connectivity index (χ4v) is 4.09. The number of fused-ring (bicyclic) bond motifs is 1. The van der Waals surface area contributed by atoms with E-state index in [2.05, 4.69) is 46.2 Å². The second-order valence-corrected chi connectivity index (χ2v) is 7.40. The SMILES string of the molecule is CN1CCC[C@H]1Cn1ccc2cc(NC(=O)c3cccs3)ccc21. The van der Waals surface area contributed by atoms with Crippen LogP contribution in [0.3, 0.4) is 0 Å². The van der Waals surface area contributed by atoms with E-state index < -0.39 is 0 Å². The Morgan fingerprint density at radius 2 is 2.25 bits per heavy atom. The summed E-state index contributed by atoms with van der Waals surface area (Å²) in [4.78, 5) is 15.4. The first kappa shape index (κ1) is 15.4. The van der Waals surface area contributed by atoms with Crippen LogP contribution in [0.15, 0.2) is 48.0 Å². The van der Waals surface area contributed by atoms with Crippen molar-refractivity contribution in [2.45, 2.75) is 25.4 Å². The van der Waals surface area contributed by atoms with Crippen LogP contribution in [0.5, 0.6) is 0 Å². The van der Waals surface area contributed by atoms with Crippen LogP contribution in [0.4, 0.5) is 5.69 Å². The van der Waals surface area contributed by atoms with Crippen LogP contribution in [0, 0.1) is 0 Å². The molecule has 0 radical (unpaired) electrons. The number of thiophene rings is 1. The lowest BCUT2D eigenvalue weighted by atomic mass is 10.2. The first-order valence-electron chi connectivity index (χ1n) is 8.35. The predicted molar refractivity (Wildman–Crippen MR) is 99.9 cm³/mol. The van der Waals surface area contributed by atoms with Crippen molar-refractivity contribution in [2.75, 3.05) is 18.9 Å². The van der Waals surface area contributed by atoms with Crippen molar-refractivity contribution in [2.24, 2.45) is 0 Å². The Morgan fingerprint density at radius 1 is 1.33 bits per heavy atom. The van der Waals surface area contributed by atoms with Gasteiger partial charge in [0.1, 0.15) is 0 Å². The Labute approximate surface area is 145 Å². The quantitative estimate of drug-likeness (QED) is 0.778. The minimum atomic E-state index is -0.0450. The summed E-state index contributed by atoms with van der Waals surface area (Å²) in [5.41, 5.74) is 2.07. The van der Waals surface area contributed by atoms with Crippen molar-refractivity contribution >= 4 is 33.8 Å². The highest BCUT2D eigenvalue weighted by Crippen LogP contribution is 2.24. The fraction of sp³-hybridized carbons (Fsp3) is 0.316. The van der Waals surface area contributed by atoms with Crippen molar-refractivity contribution in [1.82, 2.24) is 9.47 Å². The fourth-order valence-electron chi connectivity index (χ4n) is 3.47. The van der Waals surface area contributed by atoms with Crippen molar-refractivity contribution in [1.29, 1.82) is 0 Å². The zero-order valence-electron chi connectivity index (χ0n) is 13.7. The predicted octanol–water partition coefficient (Wildman–Crippen LogP) is 4.05. The molecule has 1 atom stereocenters. The van der Waals surface area contributed by atoms with Gasteiger partial charge < -0.3 is 14.8 Å². The van der Waals surface area contributed by atoms with Crippen LogP contribution in [-0.4, -0.2) is 35.0 Å². The summed E-state index contributed by atoms with van der Waals surface area (Å²) in [6.45, 7) is 2.23. The number of nitrogens with zero attached hydrogens (tertiary/aromatic N) is 2. The summed E-state index contributed by atoms with van der Waals surface area (Å²) < 4.78 is 2.33. The van der Waals surface area contributed by atoms with E-state index in [4.69, 9.17) is 0 Å². The van der Waals surface area contributed by atoms with E-state index in [1.165, 1.54) is 41.6 Å². The number of hydrogen-bond donors (Lipinski definition) is 1. The zero-order valence-corrected chi connectivity index (χ0v) is 14.6. The average Bonchev–Trinajstić information content (AvgIpc) is 3.30. The lowest BCUT2D eigenvalue weighted by molar-refractivity contribution is 0.103. The van der Waals surface area contributed by atoms with Gasteiger partial charge in [0.25, 0.3) is 5.91 Å². The van der Waals surface area contributed by atoms with Gasteiger partial charge in [-0.25, -0.2) is 0 Å². The normalized spacial score (nSPS) is 18.3. The van der Waals surface area contributed by atoms with E-state index in [1.54, 1.807) is 0 Å². The van der Waals surface area contributed by atoms with Gasteiger partial charge in [0.2, 0.25) is 0 Å². The van der Waals surface area contributed by atoms with Crippen molar-refractivity contribution in [3.63, 3.8) is 0 Å². The number of likely N-dealkylation sites (tertiary alicyclic amines) is 1. The van der Waals surface area contributed by atoms with Gasteiger partial charge in [0.05, 0.1) is 4.88 Å². The first-order valence-corrected chi connectivity index (χ1v) is 9.23. The van der Waals surface area contributed by atoms with E-state index in [0.29, 0.717) is 6.04 Å². The number of aromatic nitrogens is 1. The highest BCUT2D eigenvalue weighted by Gasteiger charge is 2.21. The molecule has 24 heavy (non-hydrogen) atoms. The van der Waals surface area contributed by atoms with E-state index in [9.17, 15) is 4.79 Å². The molecule has 1 aromatic carbocycles. The number of anilines is 1. The Hall–Kier alpha value is -2.11. The van der Waals surface area contributed by atoms with Gasteiger partial charge in [-0.2, -0.15) is 0 Å². The maximum absolute atomic E-state index is 12.2. The topological polar surface area (TPSA) is 37.3 Å². The third-order valence-electron chi connectivity index (χ3n) is 4.85. The molecule has 0 saturated carbocycles. The molecule has 4 rings (SSSR count). The van der Waals surface area contributed by atoms with Gasteiger partial charge in [-0.3, -0.25) is 4.79 Å². The third kappa shape index (κ3) is 2.97. The minimum Gasteiger partial charge on any atom is -0.346 e. The standard InChI is InChI=1S/C19H21N3OS/c1-21-9-2-4-16(21)13-22-10-8-14-12-15(6-7-17(14)22)20-19(23)18-5-3-11-24-18/h3,5-8,10-12,16H,2,4,9,13H2,1H3,(H,20,23)/t16-/m0/s1. The molecule has 1 N–H and O–H groups in total. The molecule has 1 amide bonds. The molecule has 2 aromatic heterocycles. The molecule has 3 aromatic rings. The van der Waals surface area contributed by atoms with Crippen LogP contribution >= 0.6 is 11.3 Å². The van der Waals surface area contributed by atoms with E-state index >= 15 is 0 Å². The first-order chi connectivity index (χ1) is 11.7. The molecule has 0 unspecified atom stereocenters. The van der Waals surface area contributed by atoms with Crippen molar-refractivity contribution < 1.29 is 4.79 Å². The Bertz CT molecular complexity index is 853. The number of carbonyl (C=O) groups excluding carboxylic acids is 1. The summed E-state index contributed by atoms with van der Waals surface area (Å²) in [5.74, 6) is -0.0450. The largest absolute Gasteiger partial charge is 0.346 e. The van der Waals surface area contributed by atoms with Crippen LogP contribution < -0.4 is 5.32 Å². The lowest BCUT2D eigenvalue weighted by Crippen LogP contribution is -2.28. The van der Waals surface area contributed by atoms with E-state index in [0.717, 1.165) is 17.1 Å². The molecule has 5 heteroatoms. The van der Waals surface area contributed by atoms with Gasteiger partial charge >= 0.3 is 0 Å². The number of likely N-dealkylation sites (N-methyl/N-ethyl adjacent to an activating group) is 1. The zero-order chi connectivity index (χ0) is 16.5. The molecule has 0 aliphatic carbocycles. The molecule has 4 nitrogen and oxygen atoms in total. The molecule has 0 bridgehead atoms. The van der Waals surface area contributed by atoms with E-state index in [-0.39, 0.29) is 5.91 Å². The minimum absolute atomic E-state index is 0.0450. The summed E-state index contributed by atoms with van der Waals surface area (Å²) >= 11 is 1.46. The Morgan fingerprint density at radius 3 is 3.00 bits per heavy atom. The van der Waals surface area contributed by atoms with Crippen LogP contribution in [0.25, 0.3) is 10.9 Å². The van der Waals surface area contributed by atoms with Gasteiger partial charge in [0.15, 0.2) is 0 Å². The number of nitrogens with one attached hydrogen (secondary N) is 1. The Balaban J connectivity index is 1.53. The Kier molecular flexibility index (Phi) is 4.12. The second-order valence-electron chi connectivity index (χ2n) is 6.45. The number of hydrogen-bond acceptors (Lipinski definition) is 3. The monoisotopic (exact) mass is 339 g/mol. The van der Waals surface area contributed by atoms with Gasteiger partial charge in [-0.15, -0.1) is 11.3 Å². The van der Waals surface area contributed by atoms with Crippen LogP contribution in [-0.2, 0) is 6.54 Å². The molecule has 1 aliphatic rings. The summed E-state index contributed by atoms with van der Waals surface area (Å²) in [6, 6.07) is 12.6. The smallest absolute Gasteiger partial charge is 0.265 e. The van der Waals surface area contributed by atoms with Crippen LogP contribution in [0.2, 0.25) is 0 Å². The number of rotatable bonds is 4. The third-order valence-corrected chi connectivity index (χ3v) is 5.72. The van der Waals surface area contributed by atoms with E-state index in [1.807, 2.05) is 23.6 Å².